The largest absolute Gasteiger partial charge is 0.324 e. The summed E-state index contributed by atoms with van der Waals surface area (Å²) in [5.74, 6) is -0.0759. The first kappa shape index (κ1) is 7.94. The highest BCUT2D eigenvalue weighted by atomic mass is 16.1. The minimum atomic E-state index is -0.0759. The Morgan fingerprint density at radius 3 is 3.08 bits per heavy atom. The second-order valence-corrected chi connectivity index (χ2v) is 2.72. The molecule has 0 spiro atoms. The van der Waals surface area contributed by atoms with Crippen LogP contribution in [-0.4, -0.2) is 21.7 Å². The van der Waals surface area contributed by atoms with Gasteiger partial charge in [0.25, 0.3) is 0 Å². The van der Waals surface area contributed by atoms with Crippen molar-refractivity contribution < 1.29 is 4.79 Å². The van der Waals surface area contributed by atoms with Crippen LogP contribution in [0.5, 0.6) is 0 Å². The molecule has 0 saturated heterocycles. The zero-order valence-electron chi connectivity index (χ0n) is 6.97. The van der Waals surface area contributed by atoms with E-state index in [9.17, 15) is 4.79 Å². The third-order valence-electron chi connectivity index (χ3n) is 1.93. The van der Waals surface area contributed by atoms with Crippen LogP contribution in [0.3, 0.4) is 0 Å². The molecule has 0 aliphatic rings. The number of Topliss-reactive ketones (excluding diaryl/α,β-unsaturated/α-hetero) is 1. The van der Waals surface area contributed by atoms with Crippen molar-refractivity contribution in [2.24, 2.45) is 5.73 Å². The van der Waals surface area contributed by atoms with Crippen LogP contribution >= 0.6 is 0 Å². The summed E-state index contributed by atoms with van der Waals surface area (Å²) in [6, 6.07) is 5.46. The molecule has 0 radical (unpaired) electrons. The molecule has 2 aromatic heterocycles. The molecule has 2 aromatic rings. The number of aromatic nitrogens is 2. The van der Waals surface area contributed by atoms with Gasteiger partial charge in [-0.3, -0.25) is 9.20 Å². The van der Waals surface area contributed by atoms with Gasteiger partial charge < -0.3 is 5.73 Å². The van der Waals surface area contributed by atoms with Crippen LogP contribution < -0.4 is 5.73 Å². The van der Waals surface area contributed by atoms with E-state index in [1.54, 1.807) is 23.0 Å². The molecule has 0 aliphatic heterocycles. The van der Waals surface area contributed by atoms with Gasteiger partial charge in [0.2, 0.25) is 0 Å². The van der Waals surface area contributed by atoms with Crippen LogP contribution in [0.4, 0.5) is 0 Å². The minimum Gasteiger partial charge on any atom is -0.324 e. The van der Waals surface area contributed by atoms with Gasteiger partial charge in [0, 0.05) is 11.7 Å². The van der Waals surface area contributed by atoms with Crippen molar-refractivity contribution >= 4 is 11.3 Å². The van der Waals surface area contributed by atoms with Crippen molar-refractivity contribution in [3.8, 4) is 0 Å². The molecular formula is C9H9N3O. The maximum atomic E-state index is 11.3. The summed E-state index contributed by atoms with van der Waals surface area (Å²) < 4.78 is 1.73. The first-order chi connectivity index (χ1) is 6.33. The Morgan fingerprint density at radius 1 is 1.46 bits per heavy atom. The van der Waals surface area contributed by atoms with E-state index in [1.165, 1.54) is 0 Å². The average Bonchev–Trinajstić information content (AvgIpc) is 2.60. The monoisotopic (exact) mass is 175 g/mol. The van der Waals surface area contributed by atoms with Crippen LogP contribution in [0.1, 0.15) is 10.5 Å². The van der Waals surface area contributed by atoms with Gasteiger partial charge in [-0.25, -0.2) is 4.98 Å². The molecule has 4 heteroatoms. The maximum Gasteiger partial charge on any atom is 0.193 e. The first-order valence-corrected chi connectivity index (χ1v) is 3.97. The fourth-order valence-electron chi connectivity index (χ4n) is 1.29. The number of ketones is 1. The number of nitrogens with zero attached hydrogens (tertiary/aromatic N) is 2. The van der Waals surface area contributed by atoms with Crippen molar-refractivity contribution in [1.29, 1.82) is 0 Å². The fourth-order valence-corrected chi connectivity index (χ4v) is 1.29. The van der Waals surface area contributed by atoms with Crippen LogP contribution in [0, 0.1) is 0 Å². The number of fused-ring (bicyclic) bond motifs is 1. The summed E-state index contributed by atoms with van der Waals surface area (Å²) in [5, 5.41) is 0. The van der Waals surface area contributed by atoms with Gasteiger partial charge in [0.1, 0.15) is 0 Å². The number of hydrogen-bond donors (Lipinski definition) is 1. The first-order valence-electron chi connectivity index (χ1n) is 3.97. The molecule has 0 amide bonds. The molecular weight excluding hydrogens is 166 g/mol. The number of carbonyl (C=O) groups is 1. The van der Waals surface area contributed by atoms with Gasteiger partial charge >= 0.3 is 0 Å². The van der Waals surface area contributed by atoms with E-state index in [0.29, 0.717) is 5.69 Å². The van der Waals surface area contributed by atoms with Crippen LogP contribution in [0.25, 0.3) is 5.52 Å². The lowest BCUT2D eigenvalue weighted by Gasteiger charge is -1.98. The lowest BCUT2D eigenvalue weighted by atomic mass is 10.3. The Morgan fingerprint density at radius 2 is 2.31 bits per heavy atom. The molecule has 2 rings (SSSR count). The lowest BCUT2D eigenvalue weighted by molar-refractivity contribution is 0.0996. The lowest BCUT2D eigenvalue weighted by Crippen LogP contribution is -2.15. The van der Waals surface area contributed by atoms with E-state index < -0.39 is 0 Å². The van der Waals surface area contributed by atoms with E-state index in [0.717, 1.165) is 5.52 Å². The zero-order chi connectivity index (χ0) is 9.26. The topological polar surface area (TPSA) is 60.4 Å². The summed E-state index contributed by atoms with van der Waals surface area (Å²) >= 11 is 0. The quantitative estimate of drug-likeness (QED) is 0.675. The smallest absolute Gasteiger partial charge is 0.193 e. The van der Waals surface area contributed by atoms with Crippen molar-refractivity contribution in [2.45, 2.75) is 0 Å². The number of rotatable bonds is 2. The van der Waals surface area contributed by atoms with Gasteiger partial charge in [-0.15, -0.1) is 0 Å². The van der Waals surface area contributed by atoms with Crippen molar-refractivity contribution in [3.63, 3.8) is 0 Å². The zero-order valence-corrected chi connectivity index (χ0v) is 6.97. The standard InChI is InChI=1S/C9H9N3O/c10-5-9(13)8-2-1-7-3-4-11-6-12(7)8/h1-4,6H,5,10H2. The van der Waals surface area contributed by atoms with Crippen LogP contribution in [0.15, 0.2) is 30.7 Å². The third kappa shape index (κ3) is 1.21. The van der Waals surface area contributed by atoms with Gasteiger partial charge in [-0.05, 0) is 18.2 Å². The van der Waals surface area contributed by atoms with Crippen LogP contribution in [-0.2, 0) is 0 Å². The molecule has 4 nitrogen and oxygen atoms in total. The normalized spacial score (nSPS) is 10.5. The maximum absolute atomic E-state index is 11.3. The number of hydrogen-bond acceptors (Lipinski definition) is 3. The molecule has 13 heavy (non-hydrogen) atoms. The second kappa shape index (κ2) is 2.99. The molecule has 66 valence electrons. The van der Waals surface area contributed by atoms with Gasteiger partial charge in [-0.2, -0.15) is 0 Å². The number of carbonyl (C=O) groups excluding carboxylic acids is 1. The molecule has 0 unspecified atom stereocenters. The molecule has 0 saturated carbocycles. The summed E-state index contributed by atoms with van der Waals surface area (Å²) in [5.41, 5.74) is 6.81. The molecule has 0 aliphatic carbocycles. The van der Waals surface area contributed by atoms with E-state index >= 15 is 0 Å². The summed E-state index contributed by atoms with van der Waals surface area (Å²) in [6.07, 6.45) is 3.30. The predicted octanol–water partition coefficient (Wildman–Crippen LogP) is 0.476. The highest BCUT2D eigenvalue weighted by Crippen LogP contribution is 2.08. The molecule has 0 aromatic carbocycles. The Kier molecular flexibility index (Phi) is 1.83. The van der Waals surface area contributed by atoms with E-state index in [1.807, 2.05) is 12.1 Å². The SMILES string of the molecule is NCC(=O)c1ccc2ccncn12. The summed E-state index contributed by atoms with van der Waals surface area (Å²) in [7, 11) is 0. The highest BCUT2D eigenvalue weighted by Gasteiger charge is 2.07. The Bertz CT molecular complexity index is 447. The van der Waals surface area contributed by atoms with Crippen molar-refractivity contribution in [1.82, 2.24) is 9.38 Å². The molecule has 2 heterocycles. The van der Waals surface area contributed by atoms with Gasteiger partial charge in [0.15, 0.2) is 5.78 Å². The Labute approximate surface area is 75.0 Å². The van der Waals surface area contributed by atoms with Gasteiger partial charge in [0.05, 0.1) is 18.6 Å². The predicted molar refractivity (Wildman–Crippen MR) is 48.6 cm³/mol. The van der Waals surface area contributed by atoms with E-state index in [2.05, 4.69) is 4.98 Å². The fraction of sp³-hybridized carbons (Fsp3) is 0.111. The summed E-state index contributed by atoms with van der Waals surface area (Å²) in [4.78, 5) is 15.2. The van der Waals surface area contributed by atoms with Crippen molar-refractivity contribution in [2.75, 3.05) is 6.54 Å². The number of nitrogens with two attached hydrogens (primary N) is 1. The van der Waals surface area contributed by atoms with Gasteiger partial charge in [-0.1, -0.05) is 0 Å². The second-order valence-electron chi connectivity index (χ2n) is 2.72. The van der Waals surface area contributed by atoms with E-state index in [4.69, 9.17) is 5.73 Å². The minimum absolute atomic E-state index is 0.0288. The third-order valence-corrected chi connectivity index (χ3v) is 1.93. The van der Waals surface area contributed by atoms with Crippen molar-refractivity contribution in [3.05, 3.63) is 36.4 Å². The molecule has 0 atom stereocenters. The summed E-state index contributed by atoms with van der Waals surface area (Å²) in [6.45, 7) is 0.0288. The average molecular weight is 175 g/mol. The van der Waals surface area contributed by atoms with Crippen LogP contribution in [0.2, 0.25) is 0 Å². The Hall–Kier alpha value is -1.68. The Balaban J connectivity index is 2.64. The molecule has 0 fully saturated rings. The molecule has 0 bridgehead atoms. The van der Waals surface area contributed by atoms with E-state index in [-0.39, 0.29) is 12.3 Å². The molecule has 2 N–H and O–H groups in total. The highest BCUT2D eigenvalue weighted by molar-refractivity contribution is 5.97.